The van der Waals surface area contributed by atoms with E-state index in [1.807, 2.05) is 38.1 Å². The molecule has 0 saturated carbocycles. The molecule has 0 saturated heterocycles. The largest absolute Gasteiger partial charge is 0.368 e. The van der Waals surface area contributed by atoms with E-state index in [1.165, 1.54) is 6.92 Å². The van der Waals surface area contributed by atoms with Crippen molar-refractivity contribution in [3.8, 4) is 0 Å². The van der Waals surface area contributed by atoms with Crippen molar-refractivity contribution in [3.63, 3.8) is 0 Å². The summed E-state index contributed by atoms with van der Waals surface area (Å²) in [6.07, 6.45) is 5.87. The molecule has 0 aliphatic rings. The van der Waals surface area contributed by atoms with Crippen molar-refractivity contribution in [2.24, 2.45) is 5.73 Å². The van der Waals surface area contributed by atoms with Gasteiger partial charge in [-0.15, -0.1) is 0 Å². The number of H-pyrrole nitrogens is 1. The van der Waals surface area contributed by atoms with Crippen LogP contribution in [0.1, 0.15) is 64.9 Å². The number of benzene rings is 1. The highest BCUT2D eigenvalue weighted by molar-refractivity contribution is 5.94. The molecule has 11 nitrogen and oxygen atoms in total. The molecule has 5 amide bonds. The van der Waals surface area contributed by atoms with Gasteiger partial charge in [-0.25, -0.2) is 0 Å². The van der Waals surface area contributed by atoms with Crippen molar-refractivity contribution in [2.45, 2.75) is 83.8 Å². The number of nitrogens with two attached hydrogens (primary N) is 1. The van der Waals surface area contributed by atoms with Gasteiger partial charge in [-0.2, -0.15) is 0 Å². The van der Waals surface area contributed by atoms with E-state index in [0.717, 1.165) is 35.7 Å². The standard InChI is InChI=1S/C27H40N6O5/c1-4-6-11-21(25(28)36)33-27(38)23(14-18-15-29-20-13-9-8-10-19(18)20)32-24(35)16-30-26(37)22(12-7-5-2)31-17(3)34/h8-10,13,15,21-23,29H,4-7,11-12,14,16H2,1-3H3,(H2,28,36)(H,30,37)(H,31,34)(H,32,35)(H,33,38)/t21-,22-,23-/m0/s1. The summed E-state index contributed by atoms with van der Waals surface area (Å²) in [5.41, 5.74) is 7.18. The Hall–Kier alpha value is -3.89. The van der Waals surface area contributed by atoms with Gasteiger partial charge in [0.25, 0.3) is 0 Å². The lowest BCUT2D eigenvalue weighted by atomic mass is 10.0. The highest BCUT2D eigenvalue weighted by atomic mass is 16.2. The number of carbonyl (C=O) groups excluding carboxylic acids is 5. The Morgan fingerprint density at radius 2 is 1.53 bits per heavy atom. The van der Waals surface area contributed by atoms with Crippen LogP contribution in [0.4, 0.5) is 0 Å². The van der Waals surface area contributed by atoms with E-state index in [0.29, 0.717) is 19.3 Å². The van der Waals surface area contributed by atoms with Crippen LogP contribution in [0.5, 0.6) is 0 Å². The minimum Gasteiger partial charge on any atom is -0.368 e. The Labute approximate surface area is 223 Å². The number of primary amides is 1. The van der Waals surface area contributed by atoms with Gasteiger partial charge in [0.15, 0.2) is 0 Å². The summed E-state index contributed by atoms with van der Waals surface area (Å²) in [6.45, 7) is 4.88. The molecule has 1 aromatic carbocycles. The first-order valence-electron chi connectivity index (χ1n) is 13.1. The van der Waals surface area contributed by atoms with Crippen molar-refractivity contribution >= 4 is 40.4 Å². The average molecular weight is 529 g/mol. The molecular weight excluding hydrogens is 488 g/mol. The second-order valence-corrected chi connectivity index (χ2v) is 9.40. The quantitative estimate of drug-likeness (QED) is 0.191. The highest BCUT2D eigenvalue weighted by Crippen LogP contribution is 2.19. The van der Waals surface area contributed by atoms with Crippen LogP contribution < -0.4 is 27.0 Å². The molecule has 0 bridgehead atoms. The van der Waals surface area contributed by atoms with Gasteiger partial charge >= 0.3 is 0 Å². The Morgan fingerprint density at radius 3 is 2.16 bits per heavy atom. The van der Waals surface area contributed by atoms with Gasteiger partial charge in [0.1, 0.15) is 18.1 Å². The van der Waals surface area contributed by atoms with Gasteiger partial charge in [-0.3, -0.25) is 24.0 Å². The fourth-order valence-corrected chi connectivity index (χ4v) is 4.15. The van der Waals surface area contributed by atoms with Gasteiger partial charge in [0.2, 0.25) is 29.5 Å². The van der Waals surface area contributed by atoms with E-state index >= 15 is 0 Å². The summed E-state index contributed by atoms with van der Waals surface area (Å²) in [6, 6.07) is 4.94. The molecule has 3 atom stereocenters. The molecule has 0 unspecified atom stereocenters. The molecule has 1 aromatic heterocycles. The van der Waals surface area contributed by atoms with Crippen molar-refractivity contribution in [3.05, 3.63) is 36.0 Å². The van der Waals surface area contributed by atoms with E-state index in [4.69, 9.17) is 5.73 Å². The predicted molar refractivity (Wildman–Crippen MR) is 145 cm³/mol. The molecule has 7 N–H and O–H groups in total. The average Bonchev–Trinajstić information content (AvgIpc) is 3.29. The van der Waals surface area contributed by atoms with Crippen LogP contribution in [0.25, 0.3) is 10.9 Å². The number of hydrogen-bond acceptors (Lipinski definition) is 5. The van der Waals surface area contributed by atoms with E-state index in [9.17, 15) is 24.0 Å². The SMILES string of the molecule is CCCC[C@H](NC(=O)[C@H](Cc1c[nH]c2ccccc12)NC(=O)CNC(=O)[C@H](CCCC)NC(C)=O)C(N)=O. The molecule has 0 fully saturated rings. The van der Waals surface area contributed by atoms with Gasteiger partial charge in [-0.1, -0.05) is 57.7 Å². The van der Waals surface area contributed by atoms with Crippen LogP contribution in [0.3, 0.4) is 0 Å². The first-order chi connectivity index (χ1) is 18.2. The van der Waals surface area contributed by atoms with Gasteiger partial charge < -0.3 is 32.0 Å². The van der Waals surface area contributed by atoms with Crippen LogP contribution in [0.15, 0.2) is 30.5 Å². The minimum absolute atomic E-state index is 0.153. The van der Waals surface area contributed by atoms with Crippen LogP contribution in [0.2, 0.25) is 0 Å². The van der Waals surface area contributed by atoms with E-state index in [1.54, 1.807) is 6.20 Å². The number of unbranched alkanes of at least 4 members (excludes halogenated alkanes) is 2. The summed E-state index contributed by atoms with van der Waals surface area (Å²) in [5.74, 6) is -2.59. The molecular formula is C27H40N6O5. The molecule has 2 aromatic rings. The summed E-state index contributed by atoms with van der Waals surface area (Å²) in [5, 5.41) is 11.4. The van der Waals surface area contributed by atoms with E-state index < -0.39 is 41.8 Å². The van der Waals surface area contributed by atoms with Crippen molar-refractivity contribution in [1.82, 2.24) is 26.3 Å². The zero-order valence-electron chi connectivity index (χ0n) is 22.4. The lowest BCUT2D eigenvalue weighted by molar-refractivity contribution is -0.132. The number of aromatic nitrogens is 1. The summed E-state index contributed by atoms with van der Waals surface area (Å²) in [7, 11) is 0. The molecule has 11 heteroatoms. The lowest BCUT2D eigenvalue weighted by Gasteiger charge is -2.22. The monoisotopic (exact) mass is 528 g/mol. The lowest BCUT2D eigenvalue weighted by Crippen LogP contribution is -2.55. The molecule has 0 radical (unpaired) electrons. The second kappa shape index (κ2) is 15.4. The number of para-hydroxylation sites is 1. The number of carbonyl (C=O) groups is 5. The van der Waals surface area contributed by atoms with Crippen LogP contribution in [-0.4, -0.2) is 59.2 Å². The summed E-state index contributed by atoms with van der Waals surface area (Å²) in [4.78, 5) is 65.2. The Kier molecular flexibility index (Phi) is 12.3. The summed E-state index contributed by atoms with van der Waals surface area (Å²) < 4.78 is 0. The number of fused-ring (bicyclic) bond motifs is 1. The Morgan fingerprint density at radius 1 is 0.868 bits per heavy atom. The maximum absolute atomic E-state index is 13.2. The van der Waals surface area contributed by atoms with Crippen LogP contribution in [0, 0.1) is 0 Å². The topological polar surface area (TPSA) is 175 Å². The van der Waals surface area contributed by atoms with Crippen molar-refractivity contribution < 1.29 is 24.0 Å². The van der Waals surface area contributed by atoms with Crippen LogP contribution in [-0.2, 0) is 30.4 Å². The molecule has 208 valence electrons. The van der Waals surface area contributed by atoms with Gasteiger partial charge in [0.05, 0.1) is 6.54 Å². The Balaban J connectivity index is 2.14. The number of nitrogens with one attached hydrogen (secondary N) is 5. The molecule has 0 aliphatic heterocycles. The van der Waals surface area contributed by atoms with E-state index in [-0.39, 0.29) is 18.9 Å². The van der Waals surface area contributed by atoms with Gasteiger partial charge in [0, 0.05) is 30.4 Å². The van der Waals surface area contributed by atoms with E-state index in [2.05, 4.69) is 26.3 Å². The van der Waals surface area contributed by atoms with Crippen molar-refractivity contribution in [1.29, 1.82) is 0 Å². The minimum atomic E-state index is -1.02. The third-order valence-electron chi connectivity index (χ3n) is 6.22. The van der Waals surface area contributed by atoms with Crippen LogP contribution >= 0.6 is 0 Å². The zero-order valence-corrected chi connectivity index (χ0v) is 22.4. The third kappa shape index (κ3) is 9.53. The normalized spacial score (nSPS) is 13.2. The molecule has 0 aliphatic carbocycles. The zero-order chi connectivity index (χ0) is 28.1. The fourth-order valence-electron chi connectivity index (χ4n) is 4.15. The first-order valence-corrected chi connectivity index (χ1v) is 13.1. The molecule has 0 spiro atoms. The molecule has 38 heavy (non-hydrogen) atoms. The maximum Gasteiger partial charge on any atom is 0.243 e. The molecule has 1 heterocycles. The maximum atomic E-state index is 13.2. The number of aromatic amines is 1. The summed E-state index contributed by atoms with van der Waals surface area (Å²) >= 11 is 0. The highest BCUT2D eigenvalue weighted by Gasteiger charge is 2.27. The van der Waals surface area contributed by atoms with Gasteiger partial charge in [-0.05, 0) is 24.5 Å². The number of rotatable bonds is 16. The number of amides is 5. The second-order valence-electron chi connectivity index (χ2n) is 9.40. The first kappa shape index (κ1) is 30.3. The third-order valence-corrected chi connectivity index (χ3v) is 6.22. The predicted octanol–water partition coefficient (Wildman–Crippen LogP) is 1.17. The smallest absolute Gasteiger partial charge is 0.243 e. The molecule has 2 rings (SSSR count). The Bertz CT molecular complexity index is 1110. The number of hydrogen-bond donors (Lipinski definition) is 6. The van der Waals surface area contributed by atoms with Crippen molar-refractivity contribution in [2.75, 3.05) is 6.54 Å². The fraction of sp³-hybridized carbons (Fsp3) is 0.519.